The van der Waals surface area contributed by atoms with E-state index in [4.69, 9.17) is 0 Å². The number of nitrogens with one attached hydrogen (secondary N) is 3. The topological polar surface area (TPSA) is 132 Å². The van der Waals surface area contributed by atoms with E-state index in [9.17, 15) is 22.8 Å². The number of aromatic amines is 2. The summed E-state index contributed by atoms with van der Waals surface area (Å²) < 4.78 is 23.2. The molecule has 1 aromatic carbocycles. The van der Waals surface area contributed by atoms with Gasteiger partial charge in [-0.3, -0.25) is 9.59 Å². The zero-order chi connectivity index (χ0) is 18.5. The van der Waals surface area contributed by atoms with Crippen molar-refractivity contribution in [2.75, 3.05) is 23.4 Å². The van der Waals surface area contributed by atoms with E-state index in [0.29, 0.717) is 23.1 Å². The molecule has 0 saturated carbocycles. The van der Waals surface area contributed by atoms with E-state index >= 15 is 0 Å². The van der Waals surface area contributed by atoms with E-state index in [2.05, 4.69) is 15.3 Å². The van der Waals surface area contributed by atoms with Crippen LogP contribution in [-0.4, -0.2) is 59.2 Å². The van der Waals surface area contributed by atoms with E-state index < -0.39 is 15.8 Å². The quantitative estimate of drug-likeness (QED) is 0.682. The standard InChI is InChI=1S/C16H18N4O5S/c21-14-5-9(7-20(14)11-3-4-26(24,25)8-11)15(22)17-10-1-2-12-13(6-10)19-16(23)18-12/h1-2,6,9,11H,3-5,7-8H2,(H,17,22)(H2,18,19,23)/t9-,11+/m1/s1. The van der Waals surface area contributed by atoms with Gasteiger partial charge in [-0.2, -0.15) is 0 Å². The second-order valence-corrected chi connectivity index (χ2v) is 9.06. The molecule has 2 aliphatic heterocycles. The summed E-state index contributed by atoms with van der Waals surface area (Å²) in [5, 5.41) is 2.76. The molecular formula is C16H18N4O5S. The molecule has 10 heteroatoms. The first-order valence-electron chi connectivity index (χ1n) is 8.33. The van der Waals surface area contributed by atoms with Gasteiger partial charge in [0.1, 0.15) is 0 Å². The molecule has 26 heavy (non-hydrogen) atoms. The lowest BCUT2D eigenvalue weighted by Crippen LogP contribution is -2.38. The summed E-state index contributed by atoms with van der Waals surface area (Å²) in [6, 6.07) is 4.66. The van der Waals surface area contributed by atoms with Crippen LogP contribution in [0.1, 0.15) is 12.8 Å². The lowest BCUT2D eigenvalue weighted by Gasteiger charge is -2.22. The molecule has 4 rings (SSSR count). The van der Waals surface area contributed by atoms with Crippen molar-refractivity contribution in [2.45, 2.75) is 18.9 Å². The number of aromatic nitrogens is 2. The van der Waals surface area contributed by atoms with Crippen LogP contribution in [0.15, 0.2) is 23.0 Å². The summed E-state index contributed by atoms with van der Waals surface area (Å²) >= 11 is 0. The molecule has 0 bridgehead atoms. The van der Waals surface area contributed by atoms with Gasteiger partial charge >= 0.3 is 5.69 Å². The molecule has 2 amide bonds. The number of anilines is 1. The number of fused-ring (bicyclic) bond motifs is 1. The van der Waals surface area contributed by atoms with Gasteiger partial charge < -0.3 is 20.2 Å². The van der Waals surface area contributed by atoms with Crippen molar-refractivity contribution in [2.24, 2.45) is 5.92 Å². The van der Waals surface area contributed by atoms with E-state index in [1.165, 1.54) is 4.90 Å². The van der Waals surface area contributed by atoms with Crippen LogP contribution in [0.5, 0.6) is 0 Å². The number of hydrogen-bond donors (Lipinski definition) is 3. The Balaban J connectivity index is 1.45. The summed E-state index contributed by atoms with van der Waals surface area (Å²) in [6.45, 7) is 0.230. The van der Waals surface area contributed by atoms with Crippen LogP contribution in [0.25, 0.3) is 11.0 Å². The molecule has 2 atom stereocenters. The number of amides is 2. The fraction of sp³-hybridized carbons (Fsp3) is 0.438. The number of nitrogens with zero attached hydrogens (tertiary/aromatic N) is 1. The van der Waals surface area contributed by atoms with Gasteiger partial charge in [0.25, 0.3) is 0 Å². The van der Waals surface area contributed by atoms with Crippen LogP contribution in [0.2, 0.25) is 0 Å². The van der Waals surface area contributed by atoms with Gasteiger partial charge in [0.15, 0.2) is 9.84 Å². The molecule has 1 aromatic heterocycles. The summed E-state index contributed by atoms with van der Waals surface area (Å²) in [4.78, 5) is 42.8. The molecule has 2 aliphatic rings. The summed E-state index contributed by atoms with van der Waals surface area (Å²) in [7, 11) is -3.09. The molecule has 0 aliphatic carbocycles. The van der Waals surface area contributed by atoms with E-state index in [-0.39, 0.29) is 48.0 Å². The molecule has 0 spiro atoms. The number of carbonyl (C=O) groups is 2. The van der Waals surface area contributed by atoms with Crippen molar-refractivity contribution in [3.05, 3.63) is 28.7 Å². The third-order valence-electron chi connectivity index (χ3n) is 4.96. The van der Waals surface area contributed by atoms with Crippen molar-refractivity contribution in [1.82, 2.24) is 14.9 Å². The highest BCUT2D eigenvalue weighted by Gasteiger charge is 2.41. The average Bonchev–Trinajstić information content (AvgIpc) is 3.22. The van der Waals surface area contributed by atoms with Crippen molar-refractivity contribution < 1.29 is 18.0 Å². The fourth-order valence-corrected chi connectivity index (χ4v) is 5.37. The van der Waals surface area contributed by atoms with Crippen molar-refractivity contribution in [3.63, 3.8) is 0 Å². The van der Waals surface area contributed by atoms with Gasteiger partial charge in [0.2, 0.25) is 11.8 Å². The number of carbonyl (C=O) groups excluding carboxylic acids is 2. The Labute approximate surface area is 148 Å². The van der Waals surface area contributed by atoms with Gasteiger partial charge in [-0.05, 0) is 24.6 Å². The smallest absolute Gasteiger partial charge is 0.323 e. The third kappa shape index (κ3) is 3.12. The Bertz CT molecular complexity index is 1050. The number of rotatable bonds is 3. The van der Waals surface area contributed by atoms with Crippen LogP contribution in [0.4, 0.5) is 5.69 Å². The maximum absolute atomic E-state index is 12.5. The van der Waals surface area contributed by atoms with E-state index in [0.717, 1.165) is 0 Å². The molecule has 2 fully saturated rings. The van der Waals surface area contributed by atoms with Gasteiger partial charge in [-0.25, -0.2) is 13.2 Å². The minimum Gasteiger partial charge on any atom is -0.338 e. The fourth-order valence-electron chi connectivity index (χ4n) is 3.64. The zero-order valence-corrected chi connectivity index (χ0v) is 14.6. The maximum Gasteiger partial charge on any atom is 0.323 e. The molecular weight excluding hydrogens is 360 g/mol. The Morgan fingerprint density at radius 1 is 1.19 bits per heavy atom. The lowest BCUT2D eigenvalue weighted by molar-refractivity contribution is -0.129. The number of hydrogen-bond acceptors (Lipinski definition) is 5. The first kappa shape index (κ1) is 16.8. The molecule has 2 saturated heterocycles. The molecule has 2 aromatic rings. The normalized spacial score (nSPS) is 25.1. The molecule has 138 valence electrons. The second kappa shape index (κ2) is 5.97. The predicted molar refractivity (Wildman–Crippen MR) is 94.4 cm³/mol. The molecule has 9 nitrogen and oxygen atoms in total. The third-order valence-corrected chi connectivity index (χ3v) is 6.71. The maximum atomic E-state index is 12.5. The van der Waals surface area contributed by atoms with Crippen LogP contribution in [0.3, 0.4) is 0 Å². The summed E-state index contributed by atoms with van der Waals surface area (Å²) in [5.41, 5.74) is 1.41. The summed E-state index contributed by atoms with van der Waals surface area (Å²) in [6.07, 6.45) is 0.506. The average molecular weight is 378 g/mol. The molecule has 0 unspecified atom stereocenters. The van der Waals surface area contributed by atoms with Crippen LogP contribution < -0.4 is 11.0 Å². The summed E-state index contributed by atoms with van der Waals surface area (Å²) in [5.74, 6) is -0.930. The number of benzene rings is 1. The van der Waals surface area contributed by atoms with E-state index in [1.54, 1.807) is 18.2 Å². The second-order valence-electron chi connectivity index (χ2n) is 6.83. The SMILES string of the molecule is O=C(Nc1ccc2[nH]c(=O)[nH]c2c1)[C@@H]1CC(=O)N([C@H]2CCS(=O)(=O)C2)C1. The minimum absolute atomic E-state index is 0.0232. The highest BCUT2D eigenvalue weighted by atomic mass is 32.2. The highest BCUT2D eigenvalue weighted by molar-refractivity contribution is 7.91. The van der Waals surface area contributed by atoms with Gasteiger partial charge in [-0.15, -0.1) is 0 Å². The van der Waals surface area contributed by atoms with Crippen molar-refractivity contribution in [3.8, 4) is 0 Å². The Morgan fingerprint density at radius 2 is 1.96 bits per heavy atom. The molecule has 3 N–H and O–H groups in total. The largest absolute Gasteiger partial charge is 0.338 e. The van der Waals surface area contributed by atoms with Crippen LogP contribution in [-0.2, 0) is 19.4 Å². The number of H-pyrrole nitrogens is 2. The number of sulfone groups is 1. The first-order chi connectivity index (χ1) is 12.3. The van der Waals surface area contributed by atoms with Gasteiger partial charge in [0, 0.05) is 24.7 Å². The predicted octanol–water partition coefficient (Wildman–Crippen LogP) is -0.170. The number of imidazole rings is 1. The van der Waals surface area contributed by atoms with Crippen LogP contribution >= 0.6 is 0 Å². The Hall–Kier alpha value is -2.62. The van der Waals surface area contributed by atoms with Crippen LogP contribution in [0, 0.1) is 5.92 Å². The van der Waals surface area contributed by atoms with E-state index in [1.807, 2.05) is 0 Å². The monoisotopic (exact) mass is 378 g/mol. The Kier molecular flexibility index (Phi) is 3.87. The van der Waals surface area contributed by atoms with Gasteiger partial charge in [0.05, 0.1) is 28.5 Å². The first-order valence-corrected chi connectivity index (χ1v) is 10.2. The van der Waals surface area contributed by atoms with Crippen molar-refractivity contribution in [1.29, 1.82) is 0 Å². The molecule has 3 heterocycles. The number of likely N-dealkylation sites (tertiary alicyclic amines) is 1. The Morgan fingerprint density at radius 3 is 2.69 bits per heavy atom. The van der Waals surface area contributed by atoms with Crippen molar-refractivity contribution >= 4 is 38.4 Å². The molecule has 0 radical (unpaired) electrons. The lowest BCUT2D eigenvalue weighted by atomic mass is 10.1. The minimum atomic E-state index is -3.09. The van der Waals surface area contributed by atoms with Gasteiger partial charge in [-0.1, -0.05) is 0 Å². The highest BCUT2D eigenvalue weighted by Crippen LogP contribution is 2.27. The zero-order valence-electron chi connectivity index (χ0n) is 13.8.